The summed E-state index contributed by atoms with van der Waals surface area (Å²) in [6, 6.07) is 0. The van der Waals surface area contributed by atoms with Crippen LogP contribution in [-0.4, -0.2) is 20.8 Å². The highest BCUT2D eigenvalue weighted by atomic mass is 35.5. The summed E-state index contributed by atoms with van der Waals surface area (Å²) in [5.41, 5.74) is -1.19. The average molecular weight is 237 g/mol. The molecule has 0 heterocycles. The van der Waals surface area contributed by atoms with Crippen molar-refractivity contribution in [2.45, 2.75) is 43.0 Å². The highest BCUT2D eigenvalue weighted by Gasteiger charge is 2.68. The van der Waals surface area contributed by atoms with Crippen LogP contribution in [0.3, 0.4) is 0 Å². The zero-order valence-electron chi connectivity index (χ0n) is 8.31. The third-order valence-corrected chi connectivity index (χ3v) is 4.62. The van der Waals surface area contributed by atoms with Gasteiger partial charge in [0.2, 0.25) is 4.33 Å². The molecule has 4 heteroatoms. The second kappa shape index (κ2) is 2.66. The Hall–Kier alpha value is 0.210. The van der Waals surface area contributed by atoms with Crippen molar-refractivity contribution < 1.29 is 9.90 Å². The molecule has 2 fully saturated rings. The van der Waals surface area contributed by atoms with Crippen LogP contribution in [0.4, 0.5) is 0 Å². The molecule has 2 aliphatic rings. The Morgan fingerprint density at radius 3 is 2.50 bits per heavy atom. The molecule has 0 aromatic carbocycles. The monoisotopic (exact) mass is 236 g/mol. The van der Waals surface area contributed by atoms with E-state index in [1.165, 1.54) is 0 Å². The van der Waals surface area contributed by atoms with E-state index >= 15 is 0 Å². The van der Waals surface area contributed by atoms with Crippen LogP contribution in [0.25, 0.3) is 0 Å². The van der Waals surface area contributed by atoms with Crippen LogP contribution in [0.1, 0.15) is 33.1 Å². The van der Waals surface area contributed by atoms with Crippen molar-refractivity contribution in [3.05, 3.63) is 0 Å². The Balaban J connectivity index is 2.40. The third kappa shape index (κ3) is 1.17. The Bertz CT molecular complexity index is 298. The van der Waals surface area contributed by atoms with Crippen LogP contribution in [0, 0.1) is 11.3 Å². The molecule has 2 aliphatic carbocycles. The first-order valence-corrected chi connectivity index (χ1v) is 5.58. The van der Waals surface area contributed by atoms with Gasteiger partial charge in [-0.25, -0.2) is 0 Å². The quantitative estimate of drug-likeness (QED) is 0.656. The number of rotatable bonds is 0. The van der Waals surface area contributed by atoms with Crippen LogP contribution < -0.4 is 0 Å². The first-order chi connectivity index (χ1) is 6.19. The second-order valence-electron chi connectivity index (χ2n) is 5.37. The zero-order chi connectivity index (χ0) is 10.8. The van der Waals surface area contributed by atoms with Crippen LogP contribution in [0.15, 0.2) is 0 Å². The van der Waals surface area contributed by atoms with E-state index in [0.29, 0.717) is 12.8 Å². The van der Waals surface area contributed by atoms with Crippen molar-refractivity contribution in [3.63, 3.8) is 0 Å². The number of aliphatic hydroxyl groups is 1. The largest absolute Gasteiger partial charge is 0.386 e. The standard InChI is InChI=1S/C10H14Cl2O2/c1-8(2)4-6-3-7(13)10(11,12)9(6,14)5-8/h6,14H,3-5H2,1-2H3/t6-,9-/m0/s1. The Kier molecular flexibility index (Phi) is 2.04. The van der Waals surface area contributed by atoms with Gasteiger partial charge in [-0.15, -0.1) is 0 Å². The number of alkyl halides is 2. The maximum absolute atomic E-state index is 11.5. The highest BCUT2D eigenvalue weighted by molar-refractivity contribution is 6.60. The predicted octanol–water partition coefficient (Wildman–Crippen LogP) is 2.30. The van der Waals surface area contributed by atoms with Crippen LogP contribution in [-0.2, 0) is 4.79 Å². The van der Waals surface area contributed by atoms with Crippen molar-refractivity contribution >= 4 is 29.0 Å². The molecule has 0 radical (unpaired) electrons. The van der Waals surface area contributed by atoms with Crippen molar-refractivity contribution in [2.75, 3.05) is 0 Å². The van der Waals surface area contributed by atoms with Crippen molar-refractivity contribution in [1.82, 2.24) is 0 Å². The fraction of sp³-hybridized carbons (Fsp3) is 0.900. The summed E-state index contributed by atoms with van der Waals surface area (Å²) >= 11 is 11.9. The summed E-state index contributed by atoms with van der Waals surface area (Å²) < 4.78 is -1.59. The molecule has 2 nitrogen and oxygen atoms in total. The van der Waals surface area contributed by atoms with Gasteiger partial charge in [-0.3, -0.25) is 4.79 Å². The Morgan fingerprint density at radius 2 is 2.00 bits per heavy atom. The maximum atomic E-state index is 11.5. The van der Waals surface area contributed by atoms with Gasteiger partial charge in [0.15, 0.2) is 5.78 Å². The molecule has 0 saturated heterocycles. The van der Waals surface area contributed by atoms with E-state index in [9.17, 15) is 9.90 Å². The van der Waals surface area contributed by atoms with Gasteiger partial charge in [0.05, 0.1) is 0 Å². The molecule has 0 unspecified atom stereocenters. The number of halogens is 2. The molecule has 1 N–H and O–H groups in total. The lowest BCUT2D eigenvalue weighted by molar-refractivity contribution is -0.120. The Labute approximate surface area is 93.6 Å². The van der Waals surface area contributed by atoms with Gasteiger partial charge in [0.25, 0.3) is 0 Å². The van der Waals surface area contributed by atoms with Gasteiger partial charge in [-0.1, -0.05) is 37.0 Å². The van der Waals surface area contributed by atoms with Crippen LogP contribution in [0.5, 0.6) is 0 Å². The van der Waals surface area contributed by atoms with E-state index in [0.717, 1.165) is 6.42 Å². The number of ketones is 1. The minimum absolute atomic E-state index is 0.0230. The smallest absolute Gasteiger partial charge is 0.204 e. The lowest BCUT2D eigenvalue weighted by atomic mass is 9.87. The van der Waals surface area contributed by atoms with E-state index < -0.39 is 9.93 Å². The fourth-order valence-corrected chi connectivity index (χ4v) is 3.58. The minimum atomic E-state index is -1.59. The Morgan fingerprint density at radius 1 is 1.43 bits per heavy atom. The molecule has 0 spiro atoms. The lowest BCUT2D eigenvalue weighted by Gasteiger charge is -2.32. The highest BCUT2D eigenvalue weighted by Crippen LogP contribution is 2.61. The molecule has 0 aromatic heterocycles. The van der Waals surface area contributed by atoms with E-state index in [2.05, 4.69) is 13.8 Å². The van der Waals surface area contributed by atoms with E-state index in [1.54, 1.807) is 0 Å². The number of Topliss-reactive ketones (excluding diaryl/α,β-unsaturated/α-hetero) is 1. The zero-order valence-corrected chi connectivity index (χ0v) is 9.82. The summed E-state index contributed by atoms with van der Waals surface area (Å²) in [6.45, 7) is 4.13. The fourth-order valence-electron chi connectivity index (χ4n) is 2.98. The molecule has 0 bridgehead atoms. The van der Waals surface area contributed by atoms with Crippen LogP contribution >= 0.6 is 23.2 Å². The molecule has 80 valence electrons. The summed E-state index contributed by atoms with van der Waals surface area (Å²) in [4.78, 5) is 11.5. The lowest BCUT2D eigenvalue weighted by Crippen LogP contribution is -2.46. The van der Waals surface area contributed by atoms with Crippen molar-refractivity contribution in [3.8, 4) is 0 Å². The van der Waals surface area contributed by atoms with Crippen molar-refractivity contribution in [1.29, 1.82) is 0 Å². The summed E-state index contributed by atoms with van der Waals surface area (Å²) in [5, 5.41) is 10.4. The van der Waals surface area contributed by atoms with E-state index in [1.807, 2.05) is 0 Å². The molecule has 2 rings (SSSR count). The number of hydrogen-bond donors (Lipinski definition) is 1. The number of carbonyl (C=O) groups excluding carboxylic acids is 1. The summed E-state index contributed by atoms with van der Waals surface area (Å²) in [5.74, 6) is -0.302. The van der Waals surface area contributed by atoms with Gasteiger partial charge in [0, 0.05) is 6.42 Å². The molecule has 2 saturated carbocycles. The third-order valence-electron chi connectivity index (χ3n) is 3.55. The van der Waals surface area contributed by atoms with E-state index in [4.69, 9.17) is 23.2 Å². The molecule has 0 aliphatic heterocycles. The molecular weight excluding hydrogens is 223 g/mol. The van der Waals surface area contributed by atoms with Gasteiger partial charge in [0.1, 0.15) is 5.60 Å². The number of fused-ring (bicyclic) bond motifs is 1. The van der Waals surface area contributed by atoms with Gasteiger partial charge in [-0.2, -0.15) is 0 Å². The number of carbonyl (C=O) groups is 1. The first kappa shape index (κ1) is 10.7. The number of hydrogen-bond acceptors (Lipinski definition) is 2. The van der Waals surface area contributed by atoms with E-state index in [-0.39, 0.29) is 17.1 Å². The first-order valence-electron chi connectivity index (χ1n) is 4.83. The molecular formula is C10H14Cl2O2. The molecule has 0 amide bonds. The normalized spacial score (nSPS) is 44.1. The molecule has 14 heavy (non-hydrogen) atoms. The molecule has 0 aromatic rings. The van der Waals surface area contributed by atoms with Crippen LogP contribution in [0.2, 0.25) is 0 Å². The maximum Gasteiger partial charge on any atom is 0.204 e. The van der Waals surface area contributed by atoms with Crippen molar-refractivity contribution in [2.24, 2.45) is 11.3 Å². The van der Waals surface area contributed by atoms with Gasteiger partial charge < -0.3 is 5.11 Å². The topological polar surface area (TPSA) is 37.3 Å². The average Bonchev–Trinajstić information content (AvgIpc) is 2.28. The minimum Gasteiger partial charge on any atom is -0.386 e. The summed E-state index contributed by atoms with van der Waals surface area (Å²) in [7, 11) is 0. The summed E-state index contributed by atoms with van der Waals surface area (Å²) in [6.07, 6.45) is 1.63. The van der Waals surface area contributed by atoms with Gasteiger partial charge in [-0.05, 0) is 24.2 Å². The second-order valence-corrected chi connectivity index (χ2v) is 6.70. The molecule has 2 atom stereocenters. The SMILES string of the molecule is CC1(C)C[C@@H]2CC(=O)C(Cl)(Cl)[C@]2(O)C1. The predicted molar refractivity (Wildman–Crippen MR) is 55.5 cm³/mol. The van der Waals surface area contributed by atoms with Gasteiger partial charge >= 0.3 is 0 Å².